The lowest BCUT2D eigenvalue weighted by Crippen LogP contribution is -2.07. The number of esters is 1. The summed E-state index contributed by atoms with van der Waals surface area (Å²) in [5.74, 6) is 1.20. The number of rotatable bonds is 8. The van der Waals surface area contributed by atoms with Gasteiger partial charge in [0.1, 0.15) is 6.61 Å². The second-order valence-electron chi connectivity index (χ2n) is 4.46. The number of hydrogen-bond acceptors (Lipinski definition) is 5. The number of thioether (sulfide) groups is 1. The van der Waals surface area contributed by atoms with E-state index in [0.717, 1.165) is 29.9 Å². The van der Waals surface area contributed by atoms with Crippen molar-refractivity contribution in [2.45, 2.75) is 19.8 Å². The SMILES string of the molecule is C=C(C)C(=O)OCCSCCCc1ccc(O)c(O)c1. The molecule has 5 heteroatoms. The Morgan fingerprint density at radius 3 is 2.70 bits per heavy atom. The third-order valence-electron chi connectivity index (χ3n) is 2.60. The predicted molar refractivity (Wildman–Crippen MR) is 81.2 cm³/mol. The second kappa shape index (κ2) is 8.53. The number of carbonyl (C=O) groups is 1. The highest BCUT2D eigenvalue weighted by Gasteiger charge is 2.03. The van der Waals surface area contributed by atoms with Crippen LogP contribution >= 0.6 is 11.8 Å². The van der Waals surface area contributed by atoms with Gasteiger partial charge in [0.05, 0.1) is 0 Å². The Bertz CT molecular complexity index is 471. The highest BCUT2D eigenvalue weighted by molar-refractivity contribution is 7.99. The molecule has 0 fully saturated rings. The minimum atomic E-state index is -0.342. The summed E-state index contributed by atoms with van der Waals surface area (Å²) in [6.07, 6.45) is 1.80. The maximum absolute atomic E-state index is 11.1. The molecule has 1 rings (SSSR count). The summed E-state index contributed by atoms with van der Waals surface area (Å²) in [5, 5.41) is 18.6. The number of phenols is 2. The van der Waals surface area contributed by atoms with E-state index >= 15 is 0 Å². The molecule has 0 aliphatic heterocycles. The second-order valence-corrected chi connectivity index (χ2v) is 5.68. The zero-order chi connectivity index (χ0) is 15.0. The van der Waals surface area contributed by atoms with Crippen LogP contribution in [0.1, 0.15) is 18.9 Å². The minimum Gasteiger partial charge on any atom is -0.504 e. The largest absolute Gasteiger partial charge is 0.504 e. The normalized spacial score (nSPS) is 10.2. The molecule has 0 unspecified atom stereocenters. The van der Waals surface area contributed by atoms with Gasteiger partial charge in [-0.3, -0.25) is 0 Å². The van der Waals surface area contributed by atoms with Crippen LogP contribution in [0.3, 0.4) is 0 Å². The van der Waals surface area contributed by atoms with Crippen LogP contribution in [0.15, 0.2) is 30.4 Å². The molecular weight excluding hydrogens is 276 g/mol. The molecule has 0 saturated carbocycles. The Kier molecular flexibility index (Phi) is 7.01. The summed E-state index contributed by atoms with van der Waals surface area (Å²) in [5.41, 5.74) is 1.41. The molecule has 110 valence electrons. The number of aromatic hydroxyl groups is 2. The standard InChI is InChI=1S/C15H20O4S/c1-11(2)15(18)19-7-9-20-8-3-4-12-5-6-13(16)14(17)10-12/h5-6,10,16-17H,1,3-4,7-9H2,2H3. The van der Waals surface area contributed by atoms with Crippen molar-refractivity contribution >= 4 is 17.7 Å². The van der Waals surface area contributed by atoms with Gasteiger partial charge >= 0.3 is 5.97 Å². The van der Waals surface area contributed by atoms with Crippen molar-refractivity contribution < 1.29 is 19.7 Å². The predicted octanol–water partition coefficient (Wildman–Crippen LogP) is 2.88. The first-order valence-corrected chi connectivity index (χ1v) is 7.57. The molecule has 0 aliphatic rings. The van der Waals surface area contributed by atoms with E-state index in [9.17, 15) is 15.0 Å². The van der Waals surface area contributed by atoms with Gasteiger partial charge < -0.3 is 14.9 Å². The molecule has 0 aliphatic carbocycles. The monoisotopic (exact) mass is 296 g/mol. The van der Waals surface area contributed by atoms with E-state index in [1.807, 2.05) is 0 Å². The minimum absolute atomic E-state index is 0.0816. The average molecular weight is 296 g/mol. The molecule has 0 spiro atoms. The first-order chi connectivity index (χ1) is 9.50. The molecule has 0 atom stereocenters. The Balaban J connectivity index is 2.09. The molecule has 1 aromatic carbocycles. The molecule has 4 nitrogen and oxygen atoms in total. The van der Waals surface area contributed by atoms with E-state index in [0.29, 0.717) is 12.2 Å². The van der Waals surface area contributed by atoms with Crippen LogP contribution in [0, 0.1) is 0 Å². The third kappa shape index (κ3) is 6.02. The molecule has 20 heavy (non-hydrogen) atoms. The zero-order valence-corrected chi connectivity index (χ0v) is 12.4. The van der Waals surface area contributed by atoms with Gasteiger partial charge in [0.15, 0.2) is 11.5 Å². The smallest absolute Gasteiger partial charge is 0.333 e. The Morgan fingerprint density at radius 2 is 2.05 bits per heavy atom. The van der Waals surface area contributed by atoms with Gasteiger partial charge in [-0.2, -0.15) is 11.8 Å². The highest BCUT2D eigenvalue weighted by atomic mass is 32.2. The van der Waals surface area contributed by atoms with Gasteiger partial charge in [0, 0.05) is 11.3 Å². The summed E-state index contributed by atoms with van der Waals surface area (Å²) in [6, 6.07) is 4.87. The van der Waals surface area contributed by atoms with Gasteiger partial charge in [0.2, 0.25) is 0 Å². The Morgan fingerprint density at radius 1 is 1.30 bits per heavy atom. The zero-order valence-electron chi connectivity index (χ0n) is 11.6. The highest BCUT2D eigenvalue weighted by Crippen LogP contribution is 2.25. The van der Waals surface area contributed by atoms with Gasteiger partial charge in [-0.05, 0) is 43.2 Å². The quantitative estimate of drug-likeness (QED) is 0.334. The van der Waals surface area contributed by atoms with Gasteiger partial charge in [-0.15, -0.1) is 0 Å². The summed E-state index contributed by atoms with van der Waals surface area (Å²) in [6.45, 7) is 5.54. The molecule has 0 amide bonds. The fourth-order valence-electron chi connectivity index (χ4n) is 1.52. The fourth-order valence-corrected chi connectivity index (χ4v) is 2.28. The summed E-state index contributed by atoms with van der Waals surface area (Å²) in [7, 11) is 0. The van der Waals surface area contributed by atoms with Crippen molar-refractivity contribution in [1.29, 1.82) is 0 Å². The lowest BCUT2D eigenvalue weighted by atomic mass is 10.1. The maximum Gasteiger partial charge on any atom is 0.333 e. The number of phenolic OH excluding ortho intramolecular Hbond substituents is 2. The first kappa shape index (κ1) is 16.4. The van der Waals surface area contributed by atoms with Crippen molar-refractivity contribution in [3.8, 4) is 11.5 Å². The van der Waals surface area contributed by atoms with Gasteiger partial charge in [-0.25, -0.2) is 4.79 Å². The van der Waals surface area contributed by atoms with Crippen LogP contribution in [0.2, 0.25) is 0 Å². The summed E-state index contributed by atoms with van der Waals surface area (Å²) < 4.78 is 4.98. The first-order valence-electron chi connectivity index (χ1n) is 6.42. The van der Waals surface area contributed by atoms with Crippen LogP contribution in [0.5, 0.6) is 11.5 Å². The third-order valence-corrected chi connectivity index (χ3v) is 3.64. The van der Waals surface area contributed by atoms with E-state index in [2.05, 4.69) is 6.58 Å². The van der Waals surface area contributed by atoms with Crippen molar-refractivity contribution in [3.63, 3.8) is 0 Å². The van der Waals surface area contributed by atoms with Crippen molar-refractivity contribution in [2.75, 3.05) is 18.1 Å². The number of carbonyl (C=O) groups excluding carboxylic acids is 1. The lowest BCUT2D eigenvalue weighted by molar-refractivity contribution is -0.138. The number of ether oxygens (including phenoxy) is 1. The van der Waals surface area contributed by atoms with E-state index in [1.54, 1.807) is 30.8 Å². The number of aryl methyl sites for hydroxylation is 1. The van der Waals surface area contributed by atoms with Gasteiger partial charge in [0.25, 0.3) is 0 Å². The average Bonchev–Trinajstić information content (AvgIpc) is 2.41. The number of benzene rings is 1. The fraction of sp³-hybridized carbons (Fsp3) is 0.400. The summed E-state index contributed by atoms with van der Waals surface area (Å²) >= 11 is 1.71. The Hall–Kier alpha value is -1.62. The van der Waals surface area contributed by atoms with Crippen LogP contribution in [-0.2, 0) is 16.0 Å². The Labute approximate surface area is 123 Å². The summed E-state index contributed by atoms with van der Waals surface area (Å²) in [4.78, 5) is 11.1. The van der Waals surface area contributed by atoms with E-state index in [1.165, 1.54) is 6.07 Å². The molecule has 0 bridgehead atoms. The van der Waals surface area contributed by atoms with Crippen LogP contribution in [-0.4, -0.2) is 34.3 Å². The van der Waals surface area contributed by atoms with E-state index in [-0.39, 0.29) is 17.5 Å². The topological polar surface area (TPSA) is 66.8 Å². The lowest BCUT2D eigenvalue weighted by Gasteiger charge is -2.05. The molecule has 0 aromatic heterocycles. The van der Waals surface area contributed by atoms with Crippen LogP contribution in [0.4, 0.5) is 0 Å². The van der Waals surface area contributed by atoms with Crippen molar-refractivity contribution in [1.82, 2.24) is 0 Å². The molecular formula is C15H20O4S. The van der Waals surface area contributed by atoms with Gasteiger partial charge in [-0.1, -0.05) is 12.6 Å². The molecule has 0 saturated heterocycles. The molecule has 2 N–H and O–H groups in total. The van der Waals surface area contributed by atoms with Crippen molar-refractivity contribution in [3.05, 3.63) is 35.9 Å². The van der Waals surface area contributed by atoms with E-state index < -0.39 is 0 Å². The molecule has 0 heterocycles. The van der Waals surface area contributed by atoms with E-state index in [4.69, 9.17) is 4.74 Å². The number of hydrogen-bond donors (Lipinski definition) is 2. The molecule has 0 radical (unpaired) electrons. The van der Waals surface area contributed by atoms with Crippen molar-refractivity contribution in [2.24, 2.45) is 0 Å². The molecule has 1 aromatic rings. The maximum atomic E-state index is 11.1. The van der Waals surface area contributed by atoms with Crippen LogP contribution in [0.25, 0.3) is 0 Å². The van der Waals surface area contributed by atoms with Crippen LogP contribution < -0.4 is 0 Å².